The minimum Gasteiger partial charge on any atom is -0.396 e. The molecule has 2 fully saturated rings. The summed E-state index contributed by atoms with van der Waals surface area (Å²) in [7, 11) is 0. The van der Waals surface area contributed by atoms with Gasteiger partial charge in [-0.3, -0.25) is 0 Å². The number of aliphatic hydroxyl groups is 2. The summed E-state index contributed by atoms with van der Waals surface area (Å²) >= 11 is 0. The maximum absolute atomic E-state index is 9.76. The molecular formula is C26H32N6O2. The number of pyridine rings is 1. The molecule has 4 aromatic rings. The van der Waals surface area contributed by atoms with Gasteiger partial charge in [-0.05, 0) is 49.4 Å². The first-order chi connectivity index (χ1) is 16.7. The molecular weight excluding hydrogens is 428 g/mol. The Hall–Kier alpha value is -2.97. The van der Waals surface area contributed by atoms with Crippen molar-refractivity contribution >= 4 is 28.0 Å². The van der Waals surface area contributed by atoms with Gasteiger partial charge in [-0.25, -0.2) is 15.0 Å². The van der Waals surface area contributed by atoms with Crippen molar-refractivity contribution in [2.24, 2.45) is 5.41 Å². The number of aromatic amines is 1. The lowest BCUT2D eigenvalue weighted by Crippen LogP contribution is -2.44. The zero-order valence-corrected chi connectivity index (χ0v) is 19.5. The van der Waals surface area contributed by atoms with Gasteiger partial charge in [-0.2, -0.15) is 0 Å². The van der Waals surface area contributed by atoms with Crippen LogP contribution in [-0.2, 0) is 0 Å². The zero-order valence-electron chi connectivity index (χ0n) is 19.5. The second-order valence-electron chi connectivity index (χ2n) is 10.1. The third-order valence-corrected chi connectivity index (χ3v) is 8.05. The minimum atomic E-state index is -0.389. The predicted octanol–water partition coefficient (Wildman–Crippen LogP) is 4.05. The number of fused-ring (bicyclic) bond motifs is 2. The molecule has 0 atom stereocenters. The summed E-state index contributed by atoms with van der Waals surface area (Å²) < 4.78 is 2.36. The summed E-state index contributed by atoms with van der Waals surface area (Å²) in [5.41, 5.74) is 5.56. The van der Waals surface area contributed by atoms with E-state index in [0.29, 0.717) is 6.04 Å². The second-order valence-corrected chi connectivity index (χ2v) is 10.1. The highest BCUT2D eigenvalue weighted by Crippen LogP contribution is 2.36. The van der Waals surface area contributed by atoms with Crippen molar-refractivity contribution in [3.8, 4) is 11.1 Å². The number of H-pyrrole nitrogens is 1. The van der Waals surface area contributed by atoms with E-state index < -0.39 is 0 Å². The first-order valence-corrected chi connectivity index (χ1v) is 12.5. The number of nitrogens with zero attached hydrogens (tertiary/aromatic N) is 5. The van der Waals surface area contributed by atoms with Crippen molar-refractivity contribution in [1.29, 1.82) is 0 Å². The summed E-state index contributed by atoms with van der Waals surface area (Å²) in [5, 5.41) is 19.5. The number of aliphatic hydroxyl groups excluding tert-OH is 2. The lowest BCUT2D eigenvalue weighted by molar-refractivity contribution is 0.0340. The van der Waals surface area contributed by atoms with E-state index in [1.807, 2.05) is 6.33 Å². The molecule has 3 aromatic heterocycles. The molecule has 3 N–H and O–H groups in total. The molecule has 0 amide bonds. The topological polar surface area (TPSA) is 103 Å². The van der Waals surface area contributed by atoms with Crippen molar-refractivity contribution in [2.75, 3.05) is 31.2 Å². The minimum absolute atomic E-state index is 0.0170. The highest BCUT2D eigenvalue weighted by molar-refractivity contribution is 5.94. The Morgan fingerprint density at radius 2 is 1.79 bits per heavy atom. The van der Waals surface area contributed by atoms with E-state index in [0.717, 1.165) is 59.6 Å². The van der Waals surface area contributed by atoms with E-state index in [4.69, 9.17) is 9.97 Å². The second kappa shape index (κ2) is 8.67. The Kier molecular flexibility index (Phi) is 5.50. The normalized spacial score (nSPS) is 19.3. The van der Waals surface area contributed by atoms with Crippen molar-refractivity contribution < 1.29 is 10.2 Å². The lowest BCUT2D eigenvalue weighted by atomic mass is 9.80. The Labute approximate surface area is 198 Å². The van der Waals surface area contributed by atoms with Crippen LogP contribution in [0.25, 0.3) is 33.3 Å². The number of hydrogen-bond acceptors (Lipinski definition) is 6. The molecule has 0 spiro atoms. The van der Waals surface area contributed by atoms with Gasteiger partial charge in [0.2, 0.25) is 0 Å². The fourth-order valence-corrected chi connectivity index (χ4v) is 5.72. The lowest BCUT2D eigenvalue weighted by Gasteiger charge is -2.40. The van der Waals surface area contributed by atoms with Gasteiger partial charge in [-0.15, -0.1) is 0 Å². The molecule has 1 saturated heterocycles. The fraction of sp³-hybridized carbons (Fsp3) is 0.500. The van der Waals surface area contributed by atoms with Gasteiger partial charge in [0.25, 0.3) is 0 Å². The van der Waals surface area contributed by atoms with Crippen LogP contribution >= 0.6 is 0 Å². The number of benzene rings is 1. The van der Waals surface area contributed by atoms with Gasteiger partial charge in [0.05, 0.1) is 36.9 Å². The van der Waals surface area contributed by atoms with Gasteiger partial charge in [0, 0.05) is 30.1 Å². The van der Waals surface area contributed by atoms with Crippen molar-refractivity contribution in [1.82, 2.24) is 24.5 Å². The molecule has 34 heavy (non-hydrogen) atoms. The van der Waals surface area contributed by atoms with E-state index in [1.54, 1.807) is 6.33 Å². The highest BCUT2D eigenvalue weighted by Gasteiger charge is 2.34. The number of nitrogens with one attached hydrogen (secondary N) is 1. The predicted molar refractivity (Wildman–Crippen MR) is 133 cm³/mol. The number of piperidine rings is 1. The first-order valence-electron chi connectivity index (χ1n) is 12.5. The van der Waals surface area contributed by atoms with Gasteiger partial charge < -0.3 is 24.7 Å². The van der Waals surface area contributed by atoms with Crippen molar-refractivity contribution in [2.45, 2.75) is 51.0 Å². The summed E-state index contributed by atoms with van der Waals surface area (Å²) in [6.07, 6.45) is 11.6. The van der Waals surface area contributed by atoms with Crippen LogP contribution < -0.4 is 4.90 Å². The molecule has 178 valence electrons. The maximum Gasteiger partial charge on any atom is 0.160 e. The first kappa shape index (κ1) is 21.6. The molecule has 0 unspecified atom stereocenters. The third-order valence-electron chi connectivity index (χ3n) is 8.05. The molecule has 8 nitrogen and oxygen atoms in total. The number of aromatic nitrogens is 5. The molecule has 1 aliphatic heterocycles. The smallest absolute Gasteiger partial charge is 0.160 e. The Balaban J connectivity index is 1.35. The number of imidazole rings is 2. The summed E-state index contributed by atoms with van der Waals surface area (Å²) in [5.74, 6) is 0.893. The van der Waals surface area contributed by atoms with E-state index >= 15 is 0 Å². The molecule has 8 heteroatoms. The van der Waals surface area contributed by atoms with Crippen LogP contribution in [0, 0.1) is 5.41 Å². The van der Waals surface area contributed by atoms with Gasteiger partial charge in [-0.1, -0.05) is 25.3 Å². The van der Waals surface area contributed by atoms with Gasteiger partial charge >= 0.3 is 0 Å². The molecule has 1 aromatic carbocycles. The number of hydrogen-bond donors (Lipinski definition) is 3. The summed E-state index contributed by atoms with van der Waals surface area (Å²) in [6.45, 7) is 1.53. The van der Waals surface area contributed by atoms with E-state index in [1.165, 1.54) is 37.6 Å². The SMILES string of the molecule is OCC1(CO)CCN(c2cc(-c3ccc4c(c3)ncn4C3CCCCC3)c3nc[nH]c3n2)CC1. The van der Waals surface area contributed by atoms with Crippen molar-refractivity contribution in [3.63, 3.8) is 0 Å². The van der Waals surface area contributed by atoms with Crippen LogP contribution in [-0.4, -0.2) is 61.0 Å². The van der Waals surface area contributed by atoms with Crippen molar-refractivity contribution in [3.05, 3.63) is 36.9 Å². The Morgan fingerprint density at radius 3 is 2.56 bits per heavy atom. The summed E-state index contributed by atoms with van der Waals surface area (Å²) in [6, 6.07) is 9.21. The standard InChI is InChI=1S/C26H32N6O2/c33-14-26(15-34)8-10-31(11-9-26)23-13-20(24-25(30-23)28-16-27-24)18-6-7-22-21(12-18)29-17-32(22)19-4-2-1-3-5-19/h6-7,12-13,16-17,19,33-34H,1-5,8-11,14-15H2,(H,27,28,30). The average Bonchev–Trinajstić information content (AvgIpc) is 3.55. The van der Waals surface area contributed by atoms with Crippen LogP contribution in [0.4, 0.5) is 5.82 Å². The van der Waals surface area contributed by atoms with Crippen LogP contribution in [0.15, 0.2) is 36.9 Å². The molecule has 6 rings (SSSR count). The third kappa shape index (κ3) is 3.65. The molecule has 1 aliphatic carbocycles. The average molecular weight is 461 g/mol. The monoisotopic (exact) mass is 460 g/mol. The summed E-state index contributed by atoms with van der Waals surface area (Å²) in [4.78, 5) is 19.6. The van der Waals surface area contributed by atoms with Crippen LogP contribution in [0.2, 0.25) is 0 Å². The fourth-order valence-electron chi connectivity index (χ4n) is 5.72. The molecule has 4 heterocycles. The maximum atomic E-state index is 9.76. The van der Waals surface area contributed by atoms with E-state index in [9.17, 15) is 10.2 Å². The Morgan fingerprint density at radius 1 is 1.00 bits per heavy atom. The van der Waals surface area contributed by atoms with Crippen LogP contribution in [0.1, 0.15) is 51.0 Å². The molecule has 0 radical (unpaired) electrons. The number of anilines is 1. The highest BCUT2D eigenvalue weighted by atomic mass is 16.3. The molecule has 0 bridgehead atoms. The van der Waals surface area contributed by atoms with Crippen LogP contribution in [0.5, 0.6) is 0 Å². The van der Waals surface area contributed by atoms with E-state index in [2.05, 4.69) is 43.7 Å². The number of rotatable bonds is 5. The Bertz CT molecular complexity index is 1290. The van der Waals surface area contributed by atoms with E-state index in [-0.39, 0.29) is 18.6 Å². The zero-order chi connectivity index (χ0) is 23.1. The van der Waals surface area contributed by atoms with Crippen LogP contribution in [0.3, 0.4) is 0 Å². The van der Waals surface area contributed by atoms with Gasteiger partial charge in [0.1, 0.15) is 11.3 Å². The molecule has 2 aliphatic rings. The largest absolute Gasteiger partial charge is 0.396 e. The molecule has 1 saturated carbocycles. The quantitative estimate of drug-likeness (QED) is 0.415. The van der Waals surface area contributed by atoms with Gasteiger partial charge in [0.15, 0.2) is 5.65 Å².